The van der Waals surface area contributed by atoms with Crippen molar-refractivity contribution in [3.63, 3.8) is 0 Å². The lowest BCUT2D eigenvalue weighted by atomic mass is 9.89. The molecule has 3 aromatic rings. The number of fused-ring (bicyclic) bond motifs is 3. The van der Waals surface area contributed by atoms with Gasteiger partial charge in [0.2, 0.25) is 0 Å². The molecule has 2 aliphatic heterocycles. The number of hydrogen-bond donors (Lipinski definition) is 1. The molecule has 1 aromatic carbocycles. The Morgan fingerprint density at radius 1 is 1.14 bits per heavy atom. The van der Waals surface area contributed by atoms with Crippen LogP contribution in [0.1, 0.15) is 28.3 Å². The van der Waals surface area contributed by atoms with Crippen molar-refractivity contribution in [2.45, 2.75) is 31.8 Å². The summed E-state index contributed by atoms with van der Waals surface area (Å²) in [6.07, 6.45) is 6.12. The van der Waals surface area contributed by atoms with E-state index in [2.05, 4.69) is 45.2 Å². The zero-order valence-electron chi connectivity index (χ0n) is 12.5. The molecule has 0 amide bonds. The van der Waals surface area contributed by atoms with Gasteiger partial charge in [-0.2, -0.15) is 0 Å². The van der Waals surface area contributed by atoms with Crippen molar-refractivity contribution in [2.24, 2.45) is 0 Å². The number of nitrogens with zero attached hydrogens (tertiary/aromatic N) is 2. The summed E-state index contributed by atoms with van der Waals surface area (Å²) in [5.74, 6) is 0.562. The Kier molecular flexibility index (Phi) is 2.64. The van der Waals surface area contributed by atoms with Crippen molar-refractivity contribution in [1.29, 1.82) is 0 Å². The number of aromatic nitrogens is 2. The minimum absolute atomic E-state index is 0.562. The molecule has 5 rings (SSSR count). The van der Waals surface area contributed by atoms with E-state index < -0.39 is 0 Å². The molecular formula is C19H19N3. The van der Waals surface area contributed by atoms with E-state index in [1.54, 1.807) is 5.69 Å². The molecule has 3 heteroatoms. The van der Waals surface area contributed by atoms with Crippen LogP contribution in [0.5, 0.6) is 0 Å². The first kappa shape index (κ1) is 12.4. The van der Waals surface area contributed by atoms with E-state index in [0.29, 0.717) is 5.92 Å². The average Bonchev–Trinajstić information content (AvgIpc) is 2.92. The van der Waals surface area contributed by atoms with Crippen LogP contribution in [-0.2, 0) is 25.9 Å². The van der Waals surface area contributed by atoms with Crippen molar-refractivity contribution in [3.8, 4) is 0 Å². The first-order chi connectivity index (χ1) is 10.9. The number of hydrogen-bond acceptors (Lipinski definition) is 2. The molecule has 1 N–H and O–H groups in total. The molecule has 110 valence electrons. The third-order valence-corrected chi connectivity index (χ3v) is 5.28. The first-order valence-corrected chi connectivity index (χ1v) is 8.14. The van der Waals surface area contributed by atoms with Gasteiger partial charge < -0.3 is 9.88 Å². The van der Waals surface area contributed by atoms with E-state index >= 15 is 0 Å². The van der Waals surface area contributed by atoms with E-state index in [4.69, 9.17) is 0 Å². The summed E-state index contributed by atoms with van der Waals surface area (Å²) in [5.41, 5.74) is 7.48. The fourth-order valence-corrected chi connectivity index (χ4v) is 4.29. The summed E-state index contributed by atoms with van der Waals surface area (Å²) < 4.78 is 2.61. The molecule has 4 heterocycles. The summed E-state index contributed by atoms with van der Waals surface area (Å²) in [6.45, 7) is 3.22. The van der Waals surface area contributed by atoms with Crippen LogP contribution < -0.4 is 5.32 Å². The van der Waals surface area contributed by atoms with E-state index in [9.17, 15) is 0 Å². The highest BCUT2D eigenvalue weighted by Gasteiger charge is 2.27. The van der Waals surface area contributed by atoms with Crippen LogP contribution in [0.25, 0.3) is 10.9 Å². The van der Waals surface area contributed by atoms with Crippen LogP contribution in [0.3, 0.4) is 0 Å². The van der Waals surface area contributed by atoms with Gasteiger partial charge in [-0.15, -0.1) is 0 Å². The van der Waals surface area contributed by atoms with Crippen molar-refractivity contribution in [1.82, 2.24) is 14.9 Å². The van der Waals surface area contributed by atoms with E-state index in [1.165, 1.54) is 27.6 Å². The van der Waals surface area contributed by atoms with E-state index in [-0.39, 0.29) is 0 Å². The largest absolute Gasteiger partial charge is 0.343 e. The Morgan fingerprint density at radius 3 is 2.95 bits per heavy atom. The lowest BCUT2D eigenvalue weighted by Gasteiger charge is -2.27. The minimum Gasteiger partial charge on any atom is -0.343 e. The highest BCUT2D eigenvalue weighted by atomic mass is 15.0. The molecule has 0 radical (unpaired) electrons. The Hall–Kier alpha value is -2.13. The molecule has 0 saturated carbocycles. The van der Waals surface area contributed by atoms with Crippen LogP contribution >= 0.6 is 0 Å². The lowest BCUT2D eigenvalue weighted by molar-refractivity contribution is 0.516. The Balaban J connectivity index is 1.71. The average molecular weight is 289 g/mol. The van der Waals surface area contributed by atoms with Gasteiger partial charge >= 0.3 is 0 Å². The maximum absolute atomic E-state index is 4.17. The Bertz CT molecular complexity index is 848. The molecule has 0 bridgehead atoms. The molecular weight excluding hydrogens is 270 g/mol. The molecule has 2 aliphatic rings. The number of para-hydroxylation sites is 1. The van der Waals surface area contributed by atoms with E-state index in [0.717, 1.165) is 32.5 Å². The molecule has 0 aliphatic carbocycles. The molecule has 1 unspecified atom stereocenters. The second-order valence-electron chi connectivity index (χ2n) is 6.46. The van der Waals surface area contributed by atoms with Crippen LogP contribution in [0, 0.1) is 0 Å². The highest BCUT2D eigenvalue weighted by molar-refractivity contribution is 5.89. The molecule has 3 nitrogen and oxygen atoms in total. The predicted octanol–water partition coefficient (Wildman–Crippen LogP) is 3.02. The lowest BCUT2D eigenvalue weighted by Crippen LogP contribution is -2.26. The van der Waals surface area contributed by atoms with Crippen LogP contribution in [0.2, 0.25) is 0 Å². The normalized spacial score (nSPS) is 20.1. The van der Waals surface area contributed by atoms with Crippen LogP contribution in [-0.4, -0.2) is 16.1 Å². The zero-order valence-corrected chi connectivity index (χ0v) is 12.5. The van der Waals surface area contributed by atoms with Crippen molar-refractivity contribution in [3.05, 3.63) is 65.1 Å². The van der Waals surface area contributed by atoms with Gasteiger partial charge in [-0.25, -0.2) is 0 Å². The summed E-state index contributed by atoms with van der Waals surface area (Å²) in [7, 11) is 0. The Morgan fingerprint density at radius 2 is 2.05 bits per heavy atom. The SMILES string of the molecule is c1cc2c3c(c1)c1c(n3CC(c3ccncc3)C2)CCNC1. The van der Waals surface area contributed by atoms with Gasteiger partial charge in [0, 0.05) is 55.4 Å². The van der Waals surface area contributed by atoms with Gasteiger partial charge in [0.1, 0.15) is 0 Å². The second kappa shape index (κ2) is 4.68. The maximum Gasteiger partial charge on any atom is 0.0518 e. The summed E-state index contributed by atoms with van der Waals surface area (Å²) in [4.78, 5) is 4.17. The third-order valence-electron chi connectivity index (χ3n) is 5.28. The number of pyridine rings is 1. The summed E-state index contributed by atoms with van der Waals surface area (Å²) in [5, 5.41) is 5.00. The van der Waals surface area contributed by atoms with Crippen molar-refractivity contribution >= 4 is 10.9 Å². The van der Waals surface area contributed by atoms with Crippen LogP contribution in [0.4, 0.5) is 0 Å². The van der Waals surface area contributed by atoms with Gasteiger partial charge in [-0.1, -0.05) is 18.2 Å². The topological polar surface area (TPSA) is 29.9 Å². The zero-order chi connectivity index (χ0) is 14.5. The molecule has 22 heavy (non-hydrogen) atoms. The number of nitrogens with one attached hydrogen (secondary N) is 1. The quantitative estimate of drug-likeness (QED) is 0.746. The fraction of sp³-hybridized carbons (Fsp3) is 0.316. The minimum atomic E-state index is 0.562. The Labute approximate surface area is 130 Å². The first-order valence-electron chi connectivity index (χ1n) is 8.14. The van der Waals surface area contributed by atoms with Gasteiger partial charge in [0.25, 0.3) is 0 Å². The van der Waals surface area contributed by atoms with Gasteiger partial charge in [0.15, 0.2) is 0 Å². The highest BCUT2D eigenvalue weighted by Crippen LogP contribution is 2.38. The summed E-state index contributed by atoms with van der Waals surface area (Å²) >= 11 is 0. The van der Waals surface area contributed by atoms with Gasteiger partial charge in [-0.05, 0) is 35.2 Å². The maximum atomic E-state index is 4.17. The van der Waals surface area contributed by atoms with E-state index in [1.807, 2.05) is 12.4 Å². The number of benzene rings is 1. The number of rotatable bonds is 1. The van der Waals surface area contributed by atoms with Gasteiger partial charge in [0.05, 0.1) is 5.52 Å². The summed E-state index contributed by atoms with van der Waals surface area (Å²) in [6, 6.07) is 11.2. The fourth-order valence-electron chi connectivity index (χ4n) is 4.29. The smallest absolute Gasteiger partial charge is 0.0518 e. The molecule has 0 spiro atoms. The molecule has 0 saturated heterocycles. The standard InChI is InChI=1S/C19H19N3/c1-2-14-10-15(13-4-7-20-8-5-13)12-22-18-6-9-21-11-17(18)16(3-1)19(14)22/h1-5,7-8,15,21H,6,9-12H2. The molecule has 1 atom stereocenters. The second-order valence-corrected chi connectivity index (χ2v) is 6.46. The monoisotopic (exact) mass is 289 g/mol. The predicted molar refractivity (Wildman–Crippen MR) is 88.0 cm³/mol. The van der Waals surface area contributed by atoms with Crippen molar-refractivity contribution in [2.75, 3.05) is 6.54 Å². The van der Waals surface area contributed by atoms with Crippen molar-refractivity contribution < 1.29 is 0 Å². The van der Waals surface area contributed by atoms with Gasteiger partial charge in [-0.3, -0.25) is 4.98 Å². The molecule has 2 aromatic heterocycles. The molecule has 0 fully saturated rings. The third kappa shape index (κ3) is 1.69. The van der Waals surface area contributed by atoms with Crippen LogP contribution in [0.15, 0.2) is 42.7 Å².